The van der Waals surface area contributed by atoms with Crippen LogP contribution in [-0.4, -0.2) is 98.4 Å². The maximum absolute atomic E-state index is 11.5. The second-order valence-electron chi connectivity index (χ2n) is 8.38. The van der Waals surface area contributed by atoms with Gasteiger partial charge in [0.25, 0.3) is 0 Å². The number of hydrogen-bond acceptors (Lipinski definition) is 10. The van der Waals surface area contributed by atoms with Gasteiger partial charge in [0.1, 0.15) is 24.4 Å². The highest BCUT2D eigenvalue weighted by Gasteiger charge is 2.54. The second-order valence-corrected chi connectivity index (χ2v) is 8.98. The van der Waals surface area contributed by atoms with E-state index in [-0.39, 0.29) is 13.0 Å². The van der Waals surface area contributed by atoms with Crippen LogP contribution in [0, 0.1) is 0 Å². The average Bonchev–Trinajstić information content (AvgIpc) is 3.48. The Balaban J connectivity index is 1.51. The van der Waals surface area contributed by atoms with Crippen LogP contribution in [0.15, 0.2) is 45.3 Å². The number of ether oxygens (including phenoxy) is 1. The molecule has 1 aromatic carbocycles. The van der Waals surface area contributed by atoms with Crippen LogP contribution in [0.5, 0.6) is 0 Å². The Kier molecular flexibility index (Phi) is 5.61. The molecule has 0 spiro atoms. The van der Waals surface area contributed by atoms with Gasteiger partial charge in [0.05, 0.1) is 18.0 Å². The van der Waals surface area contributed by atoms with Gasteiger partial charge in [-0.15, -0.1) is 0 Å². The van der Waals surface area contributed by atoms with E-state index in [4.69, 9.17) is 9.73 Å². The van der Waals surface area contributed by atoms with Gasteiger partial charge < -0.3 is 20.1 Å². The van der Waals surface area contributed by atoms with E-state index in [9.17, 15) is 15.3 Å². The average molecular weight is 446 g/mol. The monoisotopic (exact) mass is 445 g/mol. The minimum atomic E-state index is -1.55. The lowest BCUT2D eigenvalue weighted by Gasteiger charge is -2.37. The number of hydrogen-bond donors (Lipinski definition) is 4. The van der Waals surface area contributed by atoms with Gasteiger partial charge in [0.15, 0.2) is 12.1 Å². The number of aliphatic hydroxyl groups excluding tert-OH is 2. The highest BCUT2D eigenvalue weighted by molar-refractivity contribution is 7.81. The van der Waals surface area contributed by atoms with Crippen molar-refractivity contribution in [2.45, 2.75) is 55.0 Å². The van der Waals surface area contributed by atoms with Gasteiger partial charge in [-0.25, -0.2) is 15.0 Å². The summed E-state index contributed by atoms with van der Waals surface area (Å²) < 4.78 is 5.99. The highest BCUT2D eigenvalue weighted by Crippen LogP contribution is 2.36. The van der Waals surface area contributed by atoms with Crippen molar-refractivity contribution in [1.82, 2.24) is 9.80 Å². The minimum absolute atomic E-state index is 0.264. The van der Waals surface area contributed by atoms with E-state index in [0.717, 1.165) is 31.5 Å². The molecule has 10 heteroatoms. The van der Waals surface area contributed by atoms with Gasteiger partial charge in [-0.2, -0.15) is 12.6 Å². The fourth-order valence-electron chi connectivity index (χ4n) is 4.72. The molecule has 9 nitrogen and oxygen atoms in total. The van der Waals surface area contributed by atoms with E-state index < -0.39 is 35.7 Å². The molecule has 166 valence electrons. The molecule has 2 saturated heterocycles. The van der Waals surface area contributed by atoms with Crippen LogP contribution in [0.2, 0.25) is 0 Å². The molecule has 6 atom stereocenters. The van der Waals surface area contributed by atoms with Crippen LogP contribution in [0.25, 0.3) is 0 Å². The summed E-state index contributed by atoms with van der Waals surface area (Å²) in [5.74, 6) is 0.472. The van der Waals surface area contributed by atoms with Gasteiger partial charge in [-0.1, -0.05) is 30.3 Å². The number of aliphatic hydroxyl groups is 3. The first-order valence-electron chi connectivity index (χ1n) is 10.6. The molecule has 0 aliphatic carbocycles. The summed E-state index contributed by atoms with van der Waals surface area (Å²) in [4.78, 5) is 17.7. The molecule has 4 aliphatic rings. The number of aliphatic imine (C=N–C) groups is 3. The zero-order valence-corrected chi connectivity index (χ0v) is 17.9. The molecule has 2 fully saturated rings. The van der Waals surface area contributed by atoms with E-state index in [1.54, 1.807) is 0 Å². The second kappa shape index (κ2) is 8.27. The number of benzene rings is 1. The summed E-state index contributed by atoms with van der Waals surface area (Å²) in [5.41, 5.74) is -0.228. The molecule has 0 bridgehead atoms. The molecule has 3 N–H and O–H groups in total. The largest absolute Gasteiger partial charge is 0.394 e. The summed E-state index contributed by atoms with van der Waals surface area (Å²) >= 11 is 4.59. The predicted molar refractivity (Wildman–Crippen MR) is 119 cm³/mol. The van der Waals surface area contributed by atoms with Crippen molar-refractivity contribution in [1.29, 1.82) is 0 Å². The van der Waals surface area contributed by atoms with Crippen molar-refractivity contribution >= 4 is 30.5 Å². The Labute approximate surface area is 186 Å². The van der Waals surface area contributed by atoms with E-state index >= 15 is 0 Å². The number of amidine groups is 1. The number of fused-ring (bicyclic) bond motifs is 1. The number of rotatable bonds is 5. The molecule has 1 aromatic rings. The molecule has 0 radical (unpaired) electrons. The summed E-state index contributed by atoms with van der Waals surface area (Å²) in [7, 11) is 0. The third-order valence-corrected chi connectivity index (χ3v) is 6.89. The quantitative estimate of drug-likeness (QED) is 0.470. The van der Waals surface area contributed by atoms with Crippen molar-refractivity contribution < 1.29 is 20.1 Å². The topological polar surface area (TPSA) is 113 Å². The molecule has 0 saturated carbocycles. The van der Waals surface area contributed by atoms with Crippen molar-refractivity contribution in [3.63, 3.8) is 0 Å². The standard InChI is InChI=1S/C21H27N5O4S/c27-11-14-15(28)16(31)19(30-14)26-18-17(24-20(26)25-8-4-5-9-25)21(29,23-12-22-18)10-13-6-2-1-3-7-13/h1-3,6-7,12,14-16,19-20,27-29,31H,4-5,8-11H2/t14-,15-,16-,19-,20?,21?/m1/s1. The first-order chi connectivity index (χ1) is 15.0. The van der Waals surface area contributed by atoms with Crippen LogP contribution in [-0.2, 0) is 11.2 Å². The first-order valence-corrected chi connectivity index (χ1v) is 11.1. The van der Waals surface area contributed by atoms with Gasteiger partial charge in [0, 0.05) is 19.5 Å². The van der Waals surface area contributed by atoms with E-state index in [2.05, 4.69) is 27.5 Å². The molecule has 4 aliphatic heterocycles. The van der Waals surface area contributed by atoms with Crippen molar-refractivity contribution in [3.05, 3.63) is 35.9 Å². The Hall–Kier alpha value is -1.82. The van der Waals surface area contributed by atoms with Crippen LogP contribution in [0.3, 0.4) is 0 Å². The number of likely N-dealkylation sites (tertiary alicyclic amines) is 1. The molecular weight excluding hydrogens is 418 g/mol. The van der Waals surface area contributed by atoms with E-state index in [1.165, 1.54) is 6.34 Å². The number of thiol groups is 1. The van der Waals surface area contributed by atoms with Crippen molar-refractivity contribution in [2.75, 3.05) is 19.7 Å². The summed E-state index contributed by atoms with van der Waals surface area (Å²) in [5, 5.41) is 31.0. The van der Waals surface area contributed by atoms with Crippen molar-refractivity contribution in [3.8, 4) is 0 Å². The summed E-state index contributed by atoms with van der Waals surface area (Å²) in [6.45, 7) is 1.41. The Bertz CT molecular complexity index is 906. The smallest absolute Gasteiger partial charge is 0.208 e. The highest BCUT2D eigenvalue weighted by atomic mass is 32.1. The lowest BCUT2D eigenvalue weighted by molar-refractivity contribution is -0.0797. The molecule has 5 rings (SSSR count). The van der Waals surface area contributed by atoms with Crippen LogP contribution < -0.4 is 0 Å². The van der Waals surface area contributed by atoms with Crippen LogP contribution in [0.4, 0.5) is 0 Å². The van der Waals surface area contributed by atoms with Crippen LogP contribution in [0.1, 0.15) is 18.4 Å². The fourth-order valence-corrected chi connectivity index (χ4v) is 5.13. The minimum Gasteiger partial charge on any atom is -0.394 e. The zero-order valence-electron chi connectivity index (χ0n) is 17.0. The molecule has 31 heavy (non-hydrogen) atoms. The third-order valence-electron chi connectivity index (χ3n) is 6.33. The van der Waals surface area contributed by atoms with Gasteiger partial charge in [-0.3, -0.25) is 9.80 Å². The third kappa shape index (κ3) is 3.61. The van der Waals surface area contributed by atoms with Gasteiger partial charge in [-0.05, 0) is 18.4 Å². The maximum Gasteiger partial charge on any atom is 0.208 e. The predicted octanol–water partition coefficient (Wildman–Crippen LogP) is -0.129. The van der Waals surface area contributed by atoms with E-state index in [1.807, 2.05) is 35.2 Å². The molecular formula is C21H27N5O4S. The molecule has 0 aromatic heterocycles. The lowest BCUT2D eigenvalue weighted by atomic mass is 9.97. The SMILES string of the molecule is OC[C@H]1O[C@@H](N2C3=NC=NC(O)(Cc4ccccc4)C3=NC2N2CCCC2)[C@H](S)[C@@H]1O. The van der Waals surface area contributed by atoms with E-state index in [0.29, 0.717) is 11.5 Å². The lowest BCUT2D eigenvalue weighted by Crippen LogP contribution is -2.56. The Morgan fingerprint density at radius 1 is 1.19 bits per heavy atom. The van der Waals surface area contributed by atoms with Crippen molar-refractivity contribution in [2.24, 2.45) is 15.0 Å². The maximum atomic E-state index is 11.5. The van der Waals surface area contributed by atoms with Gasteiger partial charge >= 0.3 is 0 Å². The number of nitrogens with zero attached hydrogens (tertiary/aromatic N) is 5. The Morgan fingerprint density at radius 2 is 1.94 bits per heavy atom. The normalized spacial score (nSPS) is 37.8. The summed E-state index contributed by atoms with van der Waals surface area (Å²) in [6.07, 6.45) is 0.978. The molecule has 0 amide bonds. The fraction of sp³-hybridized carbons (Fsp3) is 0.571. The molecule has 2 unspecified atom stereocenters. The Morgan fingerprint density at radius 3 is 2.61 bits per heavy atom. The van der Waals surface area contributed by atoms with Gasteiger partial charge in [0.2, 0.25) is 5.72 Å². The first kappa shape index (κ1) is 21.0. The van der Waals surface area contributed by atoms with Crippen LogP contribution >= 0.6 is 12.6 Å². The zero-order chi connectivity index (χ0) is 21.6. The summed E-state index contributed by atoms with van der Waals surface area (Å²) in [6, 6.07) is 9.65. The molecule has 4 heterocycles.